The summed E-state index contributed by atoms with van der Waals surface area (Å²) < 4.78 is 12.3. The number of rotatable bonds is 5. The standard InChI is InChI=1S/C26H27ClN2O4/c1-29(2)15-19-22(16-7-5-4-6-8-16)26(17-9-11-18(27)12-10-17)25(31,24(19)30)23-20(32-3)13-28-14-21(23)33-26/h4-14,19,22,24,30-31H,15H2,1-3H3/t19-,22-,24-,25+,26+/m1/s1. The highest BCUT2D eigenvalue weighted by Gasteiger charge is 2.76. The molecule has 2 heterocycles. The van der Waals surface area contributed by atoms with Gasteiger partial charge in [0.15, 0.2) is 11.2 Å². The zero-order valence-corrected chi connectivity index (χ0v) is 19.5. The molecule has 0 amide bonds. The molecule has 1 aliphatic carbocycles. The Morgan fingerprint density at radius 1 is 1.09 bits per heavy atom. The summed E-state index contributed by atoms with van der Waals surface area (Å²) in [5.41, 5.74) is -0.996. The Morgan fingerprint density at radius 3 is 2.42 bits per heavy atom. The highest BCUT2D eigenvalue weighted by Crippen LogP contribution is 2.69. The molecular formula is C26H27ClN2O4. The van der Waals surface area contributed by atoms with Gasteiger partial charge in [0.25, 0.3) is 0 Å². The Morgan fingerprint density at radius 2 is 1.79 bits per heavy atom. The molecule has 2 aromatic carbocycles. The van der Waals surface area contributed by atoms with Gasteiger partial charge in [-0.15, -0.1) is 0 Å². The van der Waals surface area contributed by atoms with E-state index in [9.17, 15) is 10.2 Å². The van der Waals surface area contributed by atoms with E-state index in [-0.39, 0.29) is 11.8 Å². The van der Waals surface area contributed by atoms with E-state index in [0.717, 1.165) is 11.1 Å². The van der Waals surface area contributed by atoms with Crippen LogP contribution >= 0.6 is 11.6 Å². The van der Waals surface area contributed by atoms with E-state index in [1.54, 1.807) is 24.5 Å². The van der Waals surface area contributed by atoms with Gasteiger partial charge in [0.05, 0.1) is 31.2 Å². The fourth-order valence-electron chi connectivity index (χ4n) is 5.85. The lowest BCUT2D eigenvalue weighted by Crippen LogP contribution is -2.52. The molecule has 1 aromatic heterocycles. The number of methoxy groups -OCH3 is 1. The van der Waals surface area contributed by atoms with Crippen molar-refractivity contribution in [3.8, 4) is 11.5 Å². The lowest BCUT2D eigenvalue weighted by Gasteiger charge is -2.41. The van der Waals surface area contributed by atoms with Gasteiger partial charge >= 0.3 is 0 Å². The largest absolute Gasteiger partial charge is 0.495 e. The van der Waals surface area contributed by atoms with Gasteiger partial charge in [0, 0.05) is 23.4 Å². The highest BCUT2D eigenvalue weighted by molar-refractivity contribution is 6.30. The first-order chi connectivity index (χ1) is 15.8. The van der Waals surface area contributed by atoms with Crippen molar-refractivity contribution in [1.29, 1.82) is 0 Å². The van der Waals surface area contributed by atoms with E-state index < -0.39 is 17.3 Å². The van der Waals surface area contributed by atoms with Crippen LogP contribution in [0.25, 0.3) is 0 Å². The minimum atomic E-state index is -1.79. The molecule has 1 saturated carbocycles. The van der Waals surface area contributed by atoms with Gasteiger partial charge in [-0.1, -0.05) is 54.1 Å². The number of hydrogen-bond donors (Lipinski definition) is 2. The molecule has 0 spiro atoms. The van der Waals surface area contributed by atoms with Crippen molar-refractivity contribution in [2.75, 3.05) is 27.7 Å². The van der Waals surface area contributed by atoms with Crippen LogP contribution in [0.5, 0.6) is 11.5 Å². The molecular weight excluding hydrogens is 440 g/mol. The second kappa shape index (κ2) is 7.99. The first-order valence-electron chi connectivity index (χ1n) is 10.9. The molecule has 6 nitrogen and oxygen atoms in total. The molecule has 1 fully saturated rings. The molecule has 2 N–H and O–H groups in total. The molecule has 7 heteroatoms. The Kier molecular flexibility index (Phi) is 5.37. The number of ether oxygens (including phenoxy) is 2. The number of hydrogen-bond acceptors (Lipinski definition) is 6. The summed E-state index contributed by atoms with van der Waals surface area (Å²) in [4.78, 5) is 6.26. The maximum atomic E-state index is 12.6. The maximum absolute atomic E-state index is 12.6. The fraction of sp³-hybridized carbons (Fsp3) is 0.346. The zero-order chi connectivity index (χ0) is 23.4. The summed E-state index contributed by atoms with van der Waals surface area (Å²) in [6.45, 7) is 0.546. The number of halogens is 1. The SMILES string of the molecule is COc1cncc2c1[C@]1(O)[C@H](O)[C@H](CN(C)C)[C@@H](c3ccccc3)[C@]1(c1ccc(Cl)cc1)O2. The summed E-state index contributed by atoms with van der Waals surface area (Å²) in [5, 5.41) is 25.1. The Labute approximate surface area is 198 Å². The van der Waals surface area contributed by atoms with Crippen LogP contribution in [-0.4, -0.2) is 54.0 Å². The number of aliphatic hydroxyl groups is 2. The molecule has 0 radical (unpaired) electrons. The van der Waals surface area contributed by atoms with E-state index in [2.05, 4.69) is 4.98 Å². The summed E-state index contributed by atoms with van der Waals surface area (Å²) in [7, 11) is 5.44. The number of pyridine rings is 1. The number of aromatic nitrogens is 1. The lowest BCUT2D eigenvalue weighted by molar-refractivity contribution is -0.152. The third kappa shape index (κ3) is 3.02. The van der Waals surface area contributed by atoms with Crippen molar-refractivity contribution in [2.45, 2.75) is 23.2 Å². The average molecular weight is 467 g/mol. The highest BCUT2D eigenvalue weighted by atomic mass is 35.5. The summed E-state index contributed by atoms with van der Waals surface area (Å²) in [6, 6.07) is 17.2. The van der Waals surface area contributed by atoms with Gasteiger partial charge in [-0.3, -0.25) is 4.98 Å². The molecule has 172 valence electrons. The zero-order valence-electron chi connectivity index (χ0n) is 18.8. The first kappa shape index (κ1) is 22.2. The first-order valence-corrected chi connectivity index (χ1v) is 11.3. The second-order valence-corrected chi connectivity index (χ2v) is 9.52. The van der Waals surface area contributed by atoms with E-state index >= 15 is 0 Å². The number of fused-ring (bicyclic) bond motifs is 3. The van der Waals surface area contributed by atoms with Gasteiger partial charge in [-0.05, 0) is 37.4 Å². The van der Waals surface area contributed by atoms with Gasteiger partial charge in [0.1, 0.15) is 11.5 Å². The molecule has 1 aliphatic heterocycles. The molecule has 0 bridgehead atoms. The van der Waals surface area contributed by atoms with Crippen molar-refractivity contribution in [3.63, 3.8) is 0 Å². The summed E-state index contributed by atoms with van der Waals surface area (Å²) >= 11 is 6.22. The summed E-state index contributed by atoms with van der Waals surface area (Å²) in [6.07, 6.45) is 1.97. The van der Waals surface area contributed by atoms with Crippen LogP contribution in [-0.2, 0) is 11.2 Å². The molecule has 2 aliphatic rings. The van der Waals surface area contributed by atoms with E-state index in [0.29, 0.717) is 28.6 Å². The van der Waals surface area contributed by atoms with Crippen molar-refractivity contribution in [1.82, 2.24) is 9.88 Å². The molecule has 0 unspecified atom stereocenters. The lowest BCUT2D eigenvalue weighted by atomic mass is 9.70. The molecule has 5 rings (SSSR count). The third-order valence-corrected chi connectivity index (χ3v) is 7.27. The molecule has 33 heavy (non-hydrogen) atoms. The summed E-state index contributed by atoms with van der Waals surface area (Å²) in [5.74, 6) is 0.0609. The van der Waals surface area contributed by atoms with Gasteiger partial charge in [-0.25, -0.2) is 0 Å². The predicted octanol–water partition coefficient (Wildman–Crippen LogP) is 3.56. The van der Waals surface area contributed by atoms with Crippen molar-refractivity contribution < 1.29 is 19.7 Å². The number of nitrogens with zero attached hydrogens (tertiary/aromatic N) is 2. The van der Waals surface area contributed by atoms with Crippen LogP contribution in [0.2, 0.25) is 5.02 Å². The average Bonchev–Trinajstić information content (AvgIpc) is 3.18. The maximum Gasteiger partial charge on any atom is 0.177 e. The molecule has 0 saturated heterocycles. The third-order valence-electron chi connectivity index (χ3n) is 7.02. The monoisotopic (exact) mass is 466 g/mol. The van der Waals surface area contributed by atoms with Gasteiger partial charge in [-0.2, -0.15) is 0 Å². The molecule has 3 aromatic rings. The Bertz CT molecular complexity index is 1160. The predicted molar refractivity (Wildman–Crippen MR) is 126 cm³/mol. The van der Waals surface area contributed by atoms with Gasteiger partial charge in [0.2, 0.25) is 0 Å². The van der Waals surface area contributed by atoms with E-state index in [4.69, 9.17) is 21.1 Å². The fourth-order valence-corrected chi connectivity index (χ4v) is 5.98. The minimum absolute atomic E-state index is 0.339. The van der Waals surface area contributed by atoms with Crippen LogP contribution in [0.15, 0.2) is 67.0 Å². The van der Waals surface area contributed by atoms with Crippen LogP contribution < -0.4 is 9.47 Å². The topological polar surface area (TPSA) is 75.0 Å². The minimum Gasteiger partial charge on any atom is -0.495 e. The van der Waals surface area contributed by atoms with Crippen LogP contribution in [0.1, 0.15) is 22.6 Å². The van der Waals surface area contributed by atoms with Crippen LogP contribution in [0.3, 0.4) is 0 Å². The smallest absolute Gasteiger partial charge is 0.177 e. The van der Waals surface area contributed by atoms with E-state index in [1.807, 2.05) is 61.5 Å². The van der Waals surface area contributed by atoms with E-state index in [1.165, 1.54) is 7.11 Å². The number of aliphatic hydroxyl groups excluding tert-OH is 1. The van der Waals surface area contributed by atoms with Crippen LogP contribution in [0, 0.1) is 5.92 Å². The van der Waals surface area contributed by atoms with Crippen LogP contribution in [0.4, 0.5) is 0 Å². The quantitative estimate of drug-likeness (QED) is 0.599. The number of benzene rings is 2. The van der Waals surface area contributed by atoms with Crippen molar-refractivity contribution in [2.24, 2.45) is 5.92 Å². The van der Waals surface area contributed by atoms with Crippen molar-refractivity contribution in [3.05, 3.63) is 88.7 Å². The van der Waals surface area contributed by atoms with Crippen molar-refractivity contribution >= 4 is 11.6 Å². The Hall–Kier alpha value is -2.64. The molecule has 5 atom stereocenters. The second-order valence-electron chi connectivity index (χ2n) is 9.09. The normalized spacial score (nSPS) is 30.1. The Balaban J connectivity index is 1.86. The van der Waals surface area contributed by atoms with Gasteiger partial charge < -0.3 is 24.6 Å².